The number of hydrogen-bond donors (Lipinski definition) is 2. The van der Waals surface area contributed by atoms with Gasteiger partial charge in [-0.15, -0.1) is 0 Å². The Bertz CT molecular complexity index is 636. The monoisotopic (exact) mass is 348 g/mol. The van der Waals surface area contributed by atoms with Crippen LogP contribution in [0.4, 0.5) is 5.69 Å². The van der Waals surface area contributed by atoms with Crippen LogP contribution in [0.5, 0.6) is 0 Å². The molecule has 3 rings (SSSR count). The molecule has 0 saturated heterocycles. The zero-order chi connectivity index (χ0) is 14.7. The third-order valence-corrected chi connectivity index (χ3v) is 3.76. The first-order valence-electron chi connectivity index (χ1n) is 6.99. The van der Waals surface area contributed by atoms with Gasteiger partial charge in [-0.2, -0.15) is 5.10 Å². The summed E-state index contributed by atoms with van der Waals surface area (Å²) in [6.07, 6.45) is 5.79. The summed E-state index contributed by atoms with van der Waals surface area (Å²) in [4.78, 5) is 11.7. The summed E-state index contributed by atoms with van der Waals surface area (Å²) >= 11 is 3.46. The predicted octanol–water partition coefficient (Wildman–Crippen LogP) is 2.54. The van der Waals surface area contributed by atoms with Gasteiger partial charge in [0.25, 0.3) is 0 Å². The van der Waals surface area contributed by atoms with Gasteiger partial charge in [0, 0.05) is 23.3 Å². The van der Waals surface area contributed by atoms with Gasteiger partial charge in [0.05, 0.1) is 11.9 Å². The van der Waals surface area contributed by atoms with E-state index in [4.69, 9.17) is 0 Å². The Balaban J connectivity index is 1.51. The van der Waals surface area contributed by atoms with E-state index in [1.165, 1.54) is 5.56 Å². The molecule has 0 spiro atoms. The molecule has 1 saturated carbocycles. The fourth-order valence-corrected chi connectivity index (χ4v) is 2.49. The van der Waals surface area contributed by atoms with E-state index < -0.39 is 0 Å². The summed E-state index contributed by atoms with van der Waals surface area (Å²) in [7, 11) is 0. The van der Waals surface area contributed by atoms with Crippen LogP contribution in [0.1, 0.15) is 18.4 Å². The molecule has 5 nitrogen and oxygen atoms in total. The second-order valence-corrected chi connectivity index (χ2v) is 6.17. The highest BCUT2D eigenvalue weighted by atomic mass is 79.9. The van der Waals surface area contributed by atoms with Crippen LogP contribution in [0.3, 0.4) is 0 Å². The third-order valence-electron chi connectivity index (χ3n) is 3.27. The van der Waals surface area contributed by atoms with Crippen LogP contribution in [-0.4, -0.2) is 21.7 Å². The number of rotatable bonds is 6. The predicted molar refractivity (Wildman–Crippen MR) is 84.9 cm³/mol. The summed E-state index contributed by atoms with van der Waals surface area (Å²) in [6.45, 7) is 0.995. The molecule has 0 bridgehead atoms. The Kier molecular flexibility index (Phi) is 4.24. The zero-order valence-corrected chi connectivity index (χ0v) is 13.1. The average molecular weight is 349 g/mol. The molecule has 0 aliphatic heterocycles. The van der Waals surface area contributed by atoms with Crippen LogP contribution in [0.2, 0.25) is 0 Å². The molecule has 2 N–H and O–H groups in total. The van der Waals surface area contributed by atoms with Crippen molar-refractivity contribution in [3.05, 3.63) is 46.7 Å². The molecule has 1 heterocycles. The minimum Gasteiger partial charge on any atom is -0.378 e. The number of aromatic nitrogens is 2. The number of carbonyl (C=O) groups is 1. The topological polar surface area (TPSA) is 59.0 Å². The van der Waals surface area contributed by atoms with Crippen LogP contribution in [0, 0.1) is 0 Å². The van der Waals surface area contributed by atoms with Crippen LogP contribution in [0.25, 0.3) is 0 Å². The average Bonchev–Trinajstić information content (AvgIpc) is 3.14. The summed E-state index contributed by atoms with van der Waals surface area (Å²) in [5, 5.41) is 10.4. The largest absolute Gasteiger partial charge is 0.378 e. The maximum Gasteiger partial charge on any atom is 0.241 e. The van der Waals surface area contributed by atoms with Gasteiger partial charge in [-0.1, -0.05) is 28.1 Å². The Hall–Kier alpha value is -1.82. The van der Waals surface area contributed by atoms with E-state index in [1.807, 2.05) is 18.3 Å². The van der Waals surface area contributed by atoms with Crippen molar-refractivity contribution in [2.45, 2.75) is 32.0 Å². The van der Waals surface area contributed by atoms with Crippen molar-refractivity contribution in [3.8, 4) is 0 Å². The Morgan fingerprint density at radius 2 is 2.29 bits per heavy atom. The van der Waals surface area contributed by atoms with Crippen molar-refractivity contribution < 1.29 is 4.79 Å². The number of anilines is 1. The van der Waals surface area contributed by atoms with Crippen molar-refractivity contribution >= 4 is 27.5 Å². The van der Waals surface area contributed by atoms with Gasteiger partial charge in [0.1, 0.15) is 6.54 Å². The van der Waals surface area contributed by atoms with Crippen molar-refractivity contribution in [1.82, 2.24) is 15.1 Å². The normalized spacial score (nSPS) is 14.0. The number of halogens is 1. The van der Waals surface area contributed by atoms with Gasteiger partial charge < -0.3 is 10.6 Å². The number of hydrogen-bond acceptors (Lipinski definition) is 3. The van der Waals surface area contributed by atoms with E-state index in [2.05, 4.69) is 43.8 Å². The smallest absolute Gasteiger partial charge is 0.241 e. The molecule has 0 unspecified atom stereocenters. The summed E-state index contributed by atoms with van der Waals surface area (Å²) < 4.78 is 2.72. The molecule has 1 amide bonds. The summed E-state index contributed by atoms with van der Waals surface area (Å²) in [5.74, 6) is 0.0270. The lowest BCUT2D eigenvalue weighted by Crippen LogP contribution is -2.29. The first-order chi connectivity index (χ1) is 10.2. The van der Waals surface area contributed by atoms with Crippen molar-refractivity contribution in [1.29, 1.82) is 0 Å². The molecular weight excluding hydrogens is 332 g/mol. The SMILES string of the molecule is O=C(Cn1cc(NCc2cccc(Br)c2)cn1)NC1CC1. The number of amides is 1. The molecule has 1 aliphatic rings. The molecule has 1 fully saturated rings. The molecule has 1 aromatic heterocycles. The zero-order valence-electron chi connectivity index (χ0n) is 11.6. The molecule has 0 atom stereocenters. The molecular formula is C15H17BrN4O. The number of nitrogens with zero attached hydrogens (tertiary/aromatic N) is 2. The quantitative estimate of drug-likeness (QED) is 0.843. The van der Waals surface area contributed by atoms with Gasteiger partial charge >= 0.3 is 0 Å². The van der Waals surface area contributed by atoms with Gasteiger partial charge in [0.15, 0.2) is 0 Å². The highest BCUT2D eigenvalue weighted by Gasteiger charge is 2.23. The van der Waals surface area contributed by atoms with E-state index >= 15 is 0 Å². The molecule has 21 heavy (non-hydrogen) atoms. The van der Waals surface area contributed by atoms with E-state index in [-0.39, 0.29) is 12.5 Å². The molecule has 2 aromatic rings. The van der Waals surface area contributed by atoms with Crippen LogP contribution < -0.4 is 10.6 Å². The van der Waals surface area contributed by atoms with Crippen LogP contribution >= 0.6 is 15.9 Å². The lowest BCUT2D eigenvalue weighted by atomic mass is 10.2. The highest BCUT2D eigenvalue weighted by Crippen LogP contribution is 2.18. The van der Waals surface area contributed by atoms with E-state index in [9.17, 15) is 4.79 Å². The van der Waals surface area contributed by atoms with Crippen molar-refractivity contribution in [3.63, 3.8) is 0 Å². The molecule has 6 heteroatoms. The minimum absolute atomic E-state index is 0.0270. The molecule has 110 valence electrons. The Morgan fingerprint density at radius 3 is 3.05 bits per heavy atom. The molecule has 1 aromatic carbocycles. The Morgan fingerprint density at radius 1 is 1.43 bits per heavy atom. The maximum absolute atomic E-state index is 11.7. The lowest BCUT2D eigenvalue weighted by molar-refractivity contribution is -0.122. The van der Waals surface area contributed by atoms with Gasteiger partial charge in [-0.3, -0.25) is 9.48 Å². The maximum atomic E-state index is 11.7. The number of nitrogens with one attached hydrogen (secondary N) is 2. The summed E-state index contributed by atoms with van der Waals surface area (Å²) in [5.41, 5.74) is 2.10. The minimum atomic E-state index is 0.0270. The van der Waals surface area contributed by atoms with Crippen molar-refractivity contribution in [2.24, 2.45) is 0 Å². The van der Waals surface area contributed by atoms with Gasteiger partial charge in [-0.25, -0.2) is 0 Å². The number of carbonyl (C=O) groups excluding carboxylic acids is 1. The van der Waals surface area contributed by atoms with Crippen LogP contribution in [-0.2, 0) is 17.9 Å². The first-order valence-corrected chi connectivity index (χ1v) is 7.78. The fraction of sp³-hybridized carbons (Fsp3) is 0.333. The van der Waals surface area contributed by atoms with E-state index in [0.717, 1.165) is 29.5 Å². The number of benzene rings is 1. The first kappa shape index (κ1) is 14.1. The van der Waals surface area contributed by atoms with Gasteiger partial charge in [0.2, 0.25) is 5.91 Å². The van der Waals surface area contributed by atoms with E-state index in [0.29, 0.717) is 6.04 Å². The second kappa shape index (κ2) is 6.30. The third kappa shape index (κ3) is 4.32. The van der Waals surface area contributed by atoms with Gasteiger partial charge in [-0.05, 0) is 30.5 Å². The lowest BCUT2D eigenvalue weighted by Gasteiger charge is -2.04. The van der Waals surface area contributed by atoms with E-state index in [1.54, 1.807) is 10.9 Å². The Labute approximate surface area is 131 Å². The standard InChI is InChI=1S/C15H17BrN4O/c16-12-3-1-2-11(6-12)7-17-14-8-18-20(9-14)10-15(21)19-13-4-5-13/h1-3,6,8-9,13,17H,4-5,7,10H2,(H,19,21). The fourth-order valence-electron chi connectivity index (χ4n) is 2.04. The highest BCUT2D eigenvalue weighted by molar-refractivity contribution is 9.10. The summed E-state index contributed by atoms with van der Waals surface area (Å²) in [6, 6.07) is 8.53. The second-order valence-electron chi connectivity index (χ2n) is 5.25. The molecule has 0 radical (unpaired) electrons. The molecule has 1 aliphatic carbocycles. The van der Waals surface area contributed by atoms with Crippen LogP contribution in [0.15, 0.2) is 41.1 Å². The van der Waals surface area contributed by atoms with Crippen molar-refractivity contribution in [2.75, 3.05) is 5.32 Å².